The van der Waals surface area contributed by atoms with Gasteiger partial charge in [-0.05, 0) is 87.7 Å². The Kier molecular flexibility index (Phi) is 7.11. The predicted molar refractivity (Wildman–Crippen MR) is 142 cm³/mol. The summed E-state index contributed by atoms with van der Waals surface area (Å²) in [7, 11) is -1.73. The molecule has 0 aromatic heterocycles. The highest BCUT2D eigenvalue weighted by molar-refractivity contribution is 14.1. The van der Waals surface area contributed by atoms with Crippen LogP contribution in [-0.2, 0) is 14.2 Å². The van der Waals surface area contributed by atoms with Crippen molar-refractivity contribution in [2.24, 2.45) is 17.8 Å². The fourth-order valence-electron chi connectivity index (χ4n) is 5.79. The van der Waals surface area contributed by atoms with Gasteiger partial charge in [-0.2, -0.15) is 0 Å². The Labute approximate surface area is 226 Å². The van der Waals surface area contributed by atoms with Gasteiger partial charge in [0.25, 0.3) is 0 Å². The summed E-state index contributed by atoms with van der Waals surface area (Å²) in [5.74, 6) is -2.80. The average Bonchev–Trinajstić information content (AvgIpc) is 3.14. The first-order chi connectivity index (χ1) is 17.7. The molecule has 2 aromatic rings. The molecule has 0 bridgehead atoms. The van der Waals surface area contributed by atoms with Crippen LogP contribution in [0, 0.1) is 21.3 Å². The molecule has 2 aromatic carbocycles. The van der Waals surface area contributed by atoms with Crippen LogP contribution >= 0.6 is 22.6 Å². The van der Waals surface area contributed by atoms with E-state index in [1.54, 1.807) is 18.2 Å². The van der Waals surface area contributed by atoms with E-state index in [1.807, 2.05) is 22.6 Å². The number of hydrogen-bond acceptors (Lipinski definition) is 9. The lowest BCUT2D eigenvalue weighted by Gasteiger charge is -2.42. The first-order valence-electron chi connectivity index (χ1n) is 11.7. The number of fused-ring (bicyclic) bond motifs is 3. The van der Waals surface area contributed by atoms with Gasteiger partial charge >= 0.3 is 14.2 Å². The Balaban J connectivity index is 1.54. The van der Waals surface area contributed by atoms with E-state index in [9.17, 15) is 34.9 Å². The van der Waals surface area contributed by atoms with Crippen LogP contribution in [0.15, 0.2) is 47.4 Å². The van der Waals surface area contributed by atoms with Crippen molar-refractivity contribution in [2.45, 2.75) is 18.9 Å². The number of nitrogens with zero attached hydrogens (tertiary/aromatic N) is 1. The number of hydrogen-bond donors (Lipinski definition) is 5. The lowest BCUT2D eigenvalue weighted by Crippen LogP contribution is -2.45. The van der Waals surface area contributed by atoms with Crippen molar-refractivity contribution in [1.82, 2.24) is 0 Å². The summed E-state index contributed by atoms with van der Waals surface area (Å²) in [6.07, 6.45) is -0.314. The number of allylic oxidation sites excluding steroid dienone is 1. The third-order valence-electron chi connectivity index (χ3n) is 7.47. The molecule has 0 spiro atoms. The van der Waals surface area contributed by atoms with Crippen LogP contribution in [0.2, 0.25) is 0 Å². The number of ether oxygens (including phenoxy) is 1. The number of aromatic hydroxyl groups is 1. The summed E-state index contributed by atoms with van der Waals surface area (Å²) in [5.41, 5.74) is 1.88. The third-order valence-corrected chi connectivity index (χ3v) is 8.29. The van der Waals surface area contributed by atoms with Gasteiger partial charge < -0.3 is 34.7 Å². The van der Waals surface area contributed by atoms with Crippen molar-refractivity contribution in [1.29, 1.82) is 0 Å². The molecule has 2 aliphatic heterocycles. The van der Waals surface area contributed by atoms with Gasteiger partial charge in [-0.15, -0.1) is 0 Å². The molecule has 10 nitrogen and oxygen atoms in total. The van der Waals surface area contributed by atoms with Crippen LogP contribution < -0.4 is 15.1 Å². The molecule has 2 fully saturated rings. The second-order valence-corrected chi connectivity index (χ2v) is 10.6. The SMILES string of the molecule is COc1cc([C@@H]2C[C@@H]3C(=C(CO)C[C@@H]4C(=O)N(c5cccc(B(O)O)c5)C(=O)[C@@H]43)B(O)O2)cc(I)c1O. The number of anilines is 1. The zero-order chi connectivity index (χ0) is 26.6. The van der Waals surface area contributed by atoms with Crippen molar-refractivity contribution in [3.05, 3.63) is 56.6 Å². The molecule has 2 saturated heterocycles. The largest absolute Gasteiger partial charge is 0.504 e. The molecule has 0 unspecified atom stereocenters. The highest BCUT2D eigenvalue weighted by Gasteiger charge is 2.58. The van der Waals surface area contributed by atoms with Crippen molar-refractivity contribution in [3.8, 4) is 11.5 Å². The predicted octanol–water partition coefficient (Wildman–Crippen LogP) is 0.281. The molecule has 37 heavy (non-hydrogen) atoms. The number of phenols is 1. The van der Waals surface area contributed by atoms with Gasteiger partial charge in [-0.3, -0.25) is 14.5 Å². The summed E-state index contributed by atoms with van der Waals surface area (Å²) in [4.78, 5) is 28.3. The zero-order valence-electron chi connectivity index (χ0n) is 19.7. The maximum Gasteiger partial charge on any atom is 0.488 e. The minimum absolute atomic E-state index is 0.0217. The van der Waals surface area contributed by atoms with Crippen LogP contribution in [0.1, 0.15) is 24.5 Å². The standard InChI is InChI=1S/C24H24B2INO9/c1-36-19-7-11(6-17(27)22(19)30)18-9-15-20-16(5-12(10-29)21(15)26(35)37-18)23(31)28(24(20)32)14-4-2-3-13(8-14)25(33)34/h2-4,6-8,15-16,18,20,29-30,33-35H,5,9-10H2,1H3/t15-,16-,18-,20+/m0/s1. The number of methoxy groups -OCH3 is 1. The zero-order valence-corrected chi connectivity index (χ0v) is 21.9. The normalized spacial score (nSPS) is 25.4. The fourth-order valence-corrected chi connectivity index (χ4v) is 6.41. The van der Waals surface area contributed by atoms with Crippen molar-refractivity contribution in [2.75, 3.05) is 18.6 Å². The molecule has 0 radical (unpaired) electrons. The molecule has 3 aliphatic rings. The maximum absolute atomic E-state index is 13.7. The van der Waals surface area contributed by atoms with Gasteiger partial charge in [0.05, 0.1) is 40.9 Å². The van der Waals surface area contributed by atoms with E-state index in [0.29, 0.717) is 20.2 Å². The number of halogens is 1. The maximum atomic E-state index is 13.7. The first-order valence-corrected chi connectivity index (χ1v) is 12.8. The quantitative estimate of drug-likeness (QED) is 0.180. The Morgan fingerprint density at radius 2 is 1.95 bits per heavy atom. The van der Waals surface area contributed by atoms with E-state index < -0.39 is 56.5 Å². The van der Waals surface area contributed by atoms with Gasteiger partial charge in [-0.1, -0.05) is 12.1 Å². The van der Waals surface area contributed by atoms with Gasteiger partial charge in [0.2, 0.25) is 11.8 Å². The monoisotopic (exact) mass is 619 g/mol. The highest BCUT2D eigenvalue weighted by Crippen LogP contribution is 2.52. The van der Waals surface area contributed by atoms with Gasteiger partial charge in [0, 0.05) is 0 Å². The minimum atomic E-state index is -1.76. The summed E-state index contributed by atoms with van der Waals surface area (Å²) in [6.45, 7) is -0.390. The summed E-state index contributed by atoms with van der Waals surface area (Å²) in [5, 5.41) is 50.4. The molecule has 192 valence electrons. The average molecular weight is 619 g/mol. The number of imide groups is 1. The Bertz CT molecular complexity index is 1300. The van der Waals surface area contributed by atoms with Gasteiger partial charge in [-0.25, -0.2) is 0 Å². The number of amides is 2. The molecular weight excluding hydrogens is 595 g/mol. The molecule has 5 N–H and O–H groups in total. The Morgan fingerprint density at radius 3 is 2.62 bits per heavy atom. The number of benzene rings is 2. The molecule has 13 heteroatoms. The molecular formula is C24H24B2INO9. The van der Waals surface area contributed by atoms with Crippen LogP contribution in [0.3, 0.4) is 0 Å². The lowest BCUT2D eigenvalue weighted by atomic mass is 9.55. The summed E-state index contributed by atoms with van der Waals surface area (Å²) >= 11 is 1.96. The smallest absolute Gasteiger partial charge is 0.488 e. The highest BCUT2D eigenvalue weighted by atomic mass is 127. The molecule has 1 aliphatic carbocycles. The fraction of sp³-hybridized carbons (Fsp3) is 0.333. The van der Waals surface area contributed by atoms with Gasteiger partial charge in [0.15, 0.2) is 11.5 Å². The number of phenolic OH excluding ortho intramolecular Hbond substituents is 1. The van der Waals surface area contributed by atoms with E-state index in [1.165, 1.54) is 25.3 Å². The van der Waals surface area contributed by atoms with E-state index in [-0.39, 0.29) is 35.5 Å². The van der Waals surface area contributed by atoms with Crippen molar-refractivity contribution in [3.63, 3.8) is 0 Å². The van der Waals surface area contributed by atoms with E-state index in [4.69, 9.17) is 9.39 Å². The number of rotatable bonds is 5. The van der Waals surface area contributed by atoms with E-state index in [2.05, 4.69) is 0 Å². The van der Waals surface area contributed by atoms with E-state index in [0.717, 1.165) is 4.90 Å². The van der Waals surface area contributed by atoms with Crippen molar-refractivity contribution >= 4 is 59.8 Å². The van der Waals surface area contributed by atoms with Gasteiger partial charge in [0.1, 0.15) is 0 Å². The number of carbonyl (C=O) groups is 2. The Morgan fingerprint density at radius 1 is 1.19 bits per heavy atom. The second kappa shape index (κ2) is 10.0. The van der Waals surface area contributed by atoms with Crippen LogP contribution in [0.25, 0.3) is 0 Å². The molecule has 5 rings (SSSR count). The molecule has 4 atom stereocenters. The molecule has 2 amide bonds. The number of aliphatic hydroxyl groups excluding tert-OH is 1. The third kappa shape index (κ3) is 4.37. The van der Waals surface area contributed by atoms with E-state index >= 15 is 0 Å². The molecule has 2 heterocycles. The summed E-state index contributed by atoms with van der Waals surface area (Å²) < 4.78 is 11.7. The van der Waals surface area contributed by atoms with Crippen LogP contribution in [0.4, 0.5) is 5.69 Å². The topological polar surface area (TPSA) is 157 Å². The lowest BCUT2D eigenvalue weighted by molar-refractivity contribution is -0.123. The Hall–Kier alpha value is -2.42. The van der Waals surface area contributed by atoms with Crippen LogP contribution in [0.5, 0.6) is 11.5 Å². The van der Waals surface area contributed by atoms with Crippen LogP contribution in [-0.4, -0.2) is 65.1 Å². The number of carbonyl (C=O) groups excluding carboxylic acids is 2. The minimum Gasteiger partial charge on any atom is -0.504 e. The molecule has 0 saturated carbocycles. The summed E-state index contributed by atoms with van der Waals surface area (Å²) in [6, 6.07) is 9.25. The first kappa shape index (κ1) is 26.2. The number of aliphatic hydroxyl groups is 1. The van der Waals surface area contributed by atoms with Crippen molar-refractivity contribution < 1.29 is 44.3 Å². The second-order valence-electron chi connectivity index (χ2n) is 9.41.